The fraction of sp³-hybridized carbons (Fsp3) is 0.500. The number of carbonyl (C=O) groups is 1. The minimum atomic E-state index is -0.880. The molecule has 0 radical (unpaired) electrons. The van der Waals surface area contributed by atoms with E-state index in [0.717, 1.165) is 0 Å². The Morgan fingerprint density at radius 2 is 2.05 bits per heavy atom. The molecule has 1 rings (SSSR count). The smallest absolute Gasteiger partial charge is 0.304 e. The van der Waals surface area contributed by atoms with E-state index in [1.165, 1.54) is 6.07 Å². The Hall–Kier alpha value is -1.47. The van der Waals surface area contributed by atoms with E-state index in [1.54, 1.807) is 12.1 Å². The molecule has 0 aliphatic heterocycles. The minimum Gasteiger partial charge on any atom is -0.481 e. The fourth-order valence-electron chi connectivity index (χ4n) is 1.93. The van der Waals surface area contributed by atoms with Crippen LogP contribution < -0.4 is 0 Å². The number of hydrogen-bond donors (Lipinski definition) is 1. The van der Waals surface area contributed by atoms with Crippen molar-refractivity contribution in [3.63, 3.8) is 0 Å². The summed E-state index contributed by atoms with van der Waals surface area (Å²) in [6.07, 6.45) is 0.00158. The second kappa shape index (κ2) is 7.00. The van der Waals surface area contributed by atoms with Gasteiger partial charge in [0.25, 0.3) is 5.69 Å². The standard InChI is InChI=1S/C14H19BrN2O4/c1-14(2,3)16(7-6-13(18)19)9-10-4-5-11(15)8-12(10)17(20)21/h4-5,8H,6-7,9H2,1-3H3,(H,18,19). The second-order valence-electron chi connectivity index (χ2n) is 5.77. The lowest BCUT2D eigenvalue weighted by Crippen LogP contribution is -2.42. The first-order chi connectivity index (χ1) is 9.61. The van der Waals surface area contributed by atoms with Gasteiger partial charge in [0.2, 0.25) is 0 Å². The molecule has 0 aliphatic rings. The molecule has 0 aromatic heterocycles. The predicted molar refractivity (Wildman–Crippen MR) is 83.2 cm³/mol. The predicted octanol–water partition coefficient (Wildman–Crippen LogP) is 3.43. The van der Waals surface area contributed by atoms with Gasteiger partial charge in [-0.3, -0.25) is 19.8 Å². The van der Waals surface area contributed by atoms with Gasteiger partial charge in [0.1, 0.15) is 0 Å². The van der Waals surface area contributed by atoms with E-state index >= 15 is 0 Å². The third kappa shape index (κ3) is 5.43. The van der Waals surface area contributed by atoms with Gasteiger partial charge in [-0.2, -0.15) is 0 Å². The lowest BCUT2D eigenvalue weighted by Gasteiger charge is -2.35. The molecule has 0 amide bonds. The Morgan fingerprint density at radius 3 is 2.52 bits per heavy atom. The molecule has 1 N–H and O–H groups in total. The van der Waals surface area contributed by atoms with Crippen molar-refractivity contribution in [2.24, 2.45) is 0 Å². The van der Waals surface area contributed by atoms with Gasteiger partial charge >= 0.3 is 5.97 Å². The van der Waals surface area contributed by atoms with Crippen LogP contribution in [0.4, 0.5) is 5.69 Å². The molecule has 0 unspecified atom stereocenters. The molecule has 0 spiro atoms. The molecule has 0 fully saturated rings. The molecule has 0 saturated carbocycles. The lowest BCUT2D eigenvalue weighted by molar-refractivity contribution is -0.385. The van der Waals surface area contributed by atoms with Crippen molar-refractivity contribution < 1.29 is 14.8 Å². The lowest BCUT2D eigenvalue weighted by atomic mass is 10.0. The largest absolute Gasteiger partial charge is 0.481 e. The Balaban J connectivity index is 3.03. The average Bonchev–Trinajstić information content (AvgIpc) is 2.33. The first-order valence-corrected chi connectivity index (χ1v) is 7.30. The van der Waals surface area contributed by atoms with Crippen molar-refractivity contribution in [1.29, 1.82) is 0 Å². The summed E-state index contributed by atoms with van der Waals surface area (Å²) >= 11 is 3.22. The summed E-state index contributed by atoms with van der Waals surface area (Å²) in [6, 6.07) is 4.91. The summed E-state index contributed by atoms with van der Waals surface area (Å²) in [5.74, 6) is -0.880. The molecule has 21 heavy (non-hydrogen) atoms. The van der Waals surface area contributed by atoms with E-state index in [-0.39, 0.29) is 17.6 Å². The normalized spacial score (nSPS) is 11.7. The fourth-order valence-corrected chi connectivity index (χ4v) is 2.28. The molecule has 6 nitrogen and oxygen atoms in total. The molecule has 116 valence electrons. The summed E-state index contributed by atoms with van der Waals surface area (Å²) in [5.41, 5.74) is 0.327. The molecule has 0 aliphatic carbocycles. The molecule has 0 heterocycles. The molecular formula is C14H19BrN2O4. The van der Waals surface area contributed by atoms with Gasteiger partial charge in [0.05, 0.1) is 11.3 Å². The van der Waals surface area contributed by atoms with Crippen LogP contribution in [0.1, 0.15) is 32.8 Å². The van der Waals surface area contributed by atoms with Crippen molar-refractivity contribution in [2.45, 2.75) is 39.3 Å². The van der Waals surface area contributed by atoms with Crippen molar-refractivity contribution in [1.82, 2.24) is 4.90 Å². The summed E-state index contributed by atoms with van der Waals surface area (Å²) < 4.78 is 0.644. The number of halogens is 1. The molecule has 1 aromatic rings. The number of benzene rings is 1. The van der Waals surface area contributed by atoms with Gasteiger partial charge in [0.15, 0.2) is 0 Å². The summed E-state index contributed by atoms with van der Waals surface area (Å²) in [5, 5.41) is 20.0. The zero-order valence-electron chi connectivity index (χ0n) is 12.3. The van der Waals surface area contributed by atoms with E-state index in [4.69, 9.17) is 5.11 Å². The minimum absolute atomic E-state index is 0.00158. The average molecular weight is 359 g/mol. The van der Waals surface area contributed by atoms with Crippen LogP contribution in [0.15, 0.2) is 22.7 Å². The van der Waals surface area contributed by atoms with E-state index in [0.29, 0.717) is 23.1 Å². The van der Waals surface area contributed by atoms with Crippen LogP contribution in [0.5, 0.6) is 0 Å². The Morgan fingerprint density at radius 1 is 1.43 bits per heavy atom. The quantitative estimate of drug-likeness (QED) is 0.621. The van der Waals surface area contributed by atoms with Crippen LogP contribution >= 0.6 is 15.9 Å². The Kier molecular flexibility index (Phi) is 5.86. The maximum absolute atomic E-state index is 11.1. The number of nitrogens with zero attached hydrogens (tertiary/aromatic N) is 2. The SMILES string of the molecule is CC(C)(C)N(CCC(=O)O)Cc1ccc(Br)cc1[N+](=O)[O-]. The van der Waals surface area contributed by atoms with E-state index in [9.17, 15) is 14.9 Å². The number of aliphatic carboxylic acids is 1. The molecule has 7 heteroatoms. The topological polar surface area (TPSA) is 83.7 Å². The molecule has 0 saturated heterocycles. The molecule has 1 aromatic carbocycles. The first-order valence-electron chi connectivity index (χ1n) is 6.51. The highest BCUT2D eigenvalue weighted by molar-refractivity contribution is 9.10. The number of nitro groups is 1. The zero-order valence-corrected chi connectivity index (χ0v) is 13.9. The van der Waals surface area contributed by atoms with E-state index in [1.807, 2.05) is 25.7 Å². The zero-order chi connectivity index (χ0) is 16.2. The van der Waals surface area contributed by atoms with Crippen molar-refractivity contribution in [2.75, 3.05) is 6.54 Å². The number of nitro benzene ring substituents is 1. The summed E-state index contributed by atoms with van der Waals surface area (Å²) in [4.78, 5) is 23.4. The van der Waals surface area contributed by atoms with E-state index < -0.39 is 10.9 Å². The third-order valence-electron chi connectivity index (χ3n) is 3.15. The van der Waals surface area contributed by atoms with Crippen LogP contribution in [0.2, 0.25) is 0 Å². The van der Waals surface area contributed by atoms with Crippen molar-refractivity contribution >= 4 is 27.6 Å². The van der Waals surface area contributed by atoms with Crippen LogP contribution in [0, 0.1) is 10.1 Å². The maximum Gasteiger partial charge on any atom is 0.304 e. The maximum atomic E-state index is 11.1. The van der Waals surface area contributed by atoms with Gasteiger partial charge in [-0.25, -0.2) is 0 Å². The monoisotopic (exact) mass is 358 g/mol. The van der Waals surface area contributed by atoms with Gasteiger partial charge in [-0.1, -0.05) is 15.9 Å². The van der Waals surface area contributed by atoms with Gasteiger partial charge in [-0.15, -0.1) is 0 Å². The van der Waals surface area contributed by atoms with Crippen LogP contribution in [-0.4, -0.2) is 33.0 Å². The first kappa shape index (κ1) is 17.6. The Bertz CT molecular complexity index is 540. The molecular weight excluding hydrogens is 340 g/mol. The third-order valence-corrected chi connectivity index (χ3v) is 3.64. The molecule has 0 bridgehead atoms. The van der Waals surface area contributed by atoms with Crippen LogP contribution in [0.25, 0.3) is 0 Å². The van der Waals surface area contributed by atoms with Crippen LogP contribution in [0.3, 0.4) is 0 Å². The highest BCUT2D eigenvalue weighted by Gasteiger charge is 2.25. The number of hydrogen-bond acceptors (Lipinski definition) is 4. The van der Waals surface area contributed by atoms with Gasteiger partial charge in [-0.05, 0) is 32.9 Å². The Labute approximate surface area is 132 Å². The summed E-state index contributed by atoms with van der Waals surface area (Å²) in [6.45, 7) is 6.55. The van der Waals surface area contributed by atoms with Gasteiger partial charge in [0, 0.05) is 34.7 Å². The van der Waals surface area contributed by atoms with Crippen molar-refractivity contribution in [3.05, 3.63) is 38.3 Å². The number of rotatable bonds is 6. The number of carboxylic acid groups (broad SMARTS) is 1. The second-order valence-corrected chi connectivity index (χ2v) is 6.68. The molecule has 0 atom stereocenters. The van der Waals surface area contributed by atoms with Crippen LogP contribution in [-0.2, 0) is 11.3 Å². The van der Waals surface area contributed by atoms with E-state index in [2.05, 4.69) is 15.9 Å². The number of carboxylic acids is 1. The summed E-state index contributed by atoms with van der Waals surface area (Å²) in [7, 11) is 0. The highest BCUT2D eigenvalue weighted by atomic mass is 79.9. The van der Waals surface area contributed by atoms with Gasteiger partial charge < -0.3 is 5.11 Å². The highest BCUT2D eigenvalue weighted by Crippen LogP contribution is 2.27. The van der Waals surface area contributed by atoms with Crippen molar-refractivity contribution in [3.8, 4) is 0 Å².